The van der Waals surface area contributed by atoms with E-state index in [9.17, 15) is 13.2 Å². The number of aryl methyl sites for hydroxylation is 1. The molecule has 0 aliphatic heterocycles. The minimum atomic E-state index is -3.66. The molecule has 0 aromatic heterocycles. The van der Waals surface area contributed by atoms with Gasteiger partial charge in [0.05, 0.1) is 17.0 Å². The zero-order valence-electron chi connectivity index (χ0n) is 14.7. The van der Waals surface area contributed by atoms with Gasteiger partial charge in [0.15, 0.2) is 0 Å². The summed E-state index contributed by atoms with van der Waals surface area (Å²) in [6.45, 7) is 3.68. The number of rotatable bonds is 6. The Labute approximate surface area is 167 Å². The van der Waals surface area contributed by atoms with Gasteiger partial charge in [-0.15, -0.1) is 0 Å². The molecule has 2 aromatic carbocycles. The van der Waals surface area contributed by atoms with E-state index in [-0.39, 0.29) is 0 Å². The zero-order valence-corrected chi connectivity index (χ0v) is 17.8. The van der Waals surface area contributed by atoms with E-state index in [0.29, 0.717) is 27.3 Å². The van der Waals surface area contributed by atoms with Gasteiger partial charge in [-0.05, 0) is 59.6 Å². The third-order valence-corrected chi connectivity index (χ3v) is 6.22. The second kappa shape index (κ2) is 8.41. The van der Waals surface area contributed by atoms with Crippen molar-refractivity contribution in [2.75, 3.05) is 15.9 Å². The van der Waals surface area contributed by atoms with Gasteiger partial charge in [0.25, 0.3) is 0 Å². The summed E-state index contributed by atoms with van der Waals surface area (Å²) >= 11 is 9.34. The van der Waals surface area contributed by atoms with E-state index < -0.39 is 22.0 Å². The van der Waals surface area contributed by atoms with Crippen molar-refractivity contribution in [2.24, 2.45) is 0 Å². The van der Waals surface area contributed by atoms with E-state index in [0.717, 1.165) is 16.1 Å². The number of sulfonamides is 1. The van der Waals surface area contributed by atoms with Gasteiger partial charge in [0, 0.05) is 10.2 Å². The van der Waals surface area contributed by atoms with Crippen molar-refractivity contribution in [3.8, 4) is 0 Å². The number of anilines is 2. The minimum absolute atomic E-state index is 0.317. The third kappa shape index (κ3) is 4.99. The van der Waals surface area contributed by atoms with Crippen LogP contribution in [0.25, 0.3) is 0 Å². The predicted octanol–water partition coefficient (Wildman–Crippen LogP) is 4.59. The molecule has 26 heavy (non-hydrogen) atoms. The Morgan fingerprint density at radius 1 is 1.23 bits per heavy atom. The van der Waals surface area contributed by atoms with Crippen LogP contribution in [0.15, 0.2) is 46.9 Å². The Balaban J connectivity index is 2.36. The summed E-state index contributed by atoms with van der Waals surface area (Å²) in [7, 11) is -3.66. The largest absolute Gasteiger partial charge is 0.324 e. The van der Waals surface area contributed by atoms with Crippen molar-refractivity contribution in [3.05, 3.63) is 57.5 Å². The summed E-state index contributed by atoms with van der Waals surface area (Å²) in [6.07, 6.45) is 1.41. The molecule has 0 saturated carbocycles. The van der Waals surface area contributed by atoms with Gasteiger partial charge < -0.3 is 5.32 Å². The average Bonchev–Trinajstić information content (AvgIpc) is 2.56. The molecule has 0 bridgehead atoms. The van der Waals surface area contributed by atoms with Gasteiger partial charge >= 0.3 is 0 Å². The highest BCUT2D eigenvalue weighted by molar-refractivity contribution is 9.10. The van der Waals surface area contributed by atoms with Gasteiger partial charge in [-0.25, -0.2) is 8.42 Å². The topological polar surface area (TPSA) is 66.5 Å². The summed E-state index contributed by atoms with van der Waals surface area (Å²) in [6, 6.07) is 11.2. The molecule has 0 radical (unpaired) electrons. The lowest BCUT2D eigenvalue weighted by atomic mass is 10.1. The third-order valence-electron chi connectivity index (χ3n) is 3.81. The summed E-state index contributed by atoms with van der Waals surface area (Å²) in [5, 5.41) is 3.20. The first-order chi connectivity index (χ1) is 12.1. The second-order valence-corrected chi connectivity index (χ2v) is 9.06. The highest BCUT2D eigenvalue weighted by Crippen LogP contribution is 2.27. The number of carbonyl (C=O) groups excluding carboxylic acids is 1. The number of hydrogen-bond donors (Lipinski definition) is 1. The maximum Gasteiger partial charge on any atom is 0.248 e. The molecule has 8 heteroatoms. The molecule has 0 fully saturated rings. The monoisotopic (exact) mass is 458 g/mol. The number of nitrogens with zero attached hydrogens (tertiary/aromatic N) is 1. The molecule has 1 unspecified atom stereocenters. The number of carbonyl (C=O) groups is 1. The van der Waals surface area contributed by atoms with Gasteiger partial charge in [-0.3, -0.25) is 9.10 Å². The molecule has 0 saturated heterocycles. The van der Waals surface area contributed by atoms with Crippen LogP contribution in [-0.2, 0) is 14.8 Å². The van der Waals surface area contributed by atoms with Crippen molar-refractivity contribution < 1.29 is 13.2 Å². The van der Waals surface area contributed by atoms with Crippen LogP contribution in [0.1, 0.15) is 18.9 Å². The molecule has 2 aromatic rings. The van der Waals surface area contributed by atoms with Crippen molar-refractivity contribution in [1.29, 1.82) is 0 Å². The van der Waals surface area contributed by atoms with Gasteiger partial charge in [0.1, 0.15) is 6.04 Å². The lowest BCUT2D eigenvalue weighted by molar-refractivity contribution is -0.117. The minimum Gasteiger partial charge on any atom is -0.324 e. The maximum atomic E-state index is 12.8. The first-order valence-electron chi connectivity index (χ1n) is 7.95. The average molecular weight is 460 g/mol. The van der Waals surface area contributed by atoms with Crippen LogP contribution in [0.5, 0.6) is 0 Å². The van der Waals surface area contributed by atoms with Crippen LogP contribution in [-0.4, -0.2) is 26.6 Å². The Hall–Kier alpha value is -1.57. The molecule has 1 N–H and O–H groups in total. The molecule has 1 amide bonds. The SMILES string of the molecule is CCC(C(=O)Nc1ccc(Br)c(Cl)c1)N(c1ccc(C)cc1)S(C)(=O)=O. The molecule has 5 nitrogen and oxygen atoms in total. The smallest absolute Gasteiger partial charge is 0.248 e. The Bertz CT molecular complexity index is 901. The quantitative estimate of drug-likeness (QED) is 0.687. The van der Waals surface area contributed by atoms with E-state index >= 15 is 0 Å². The molecule has 0 heterocycles. The van der Waals surface area contributed by atoms with Crippen LogP contribution in [0, 0.1) is 6.92 Å². The molecule has 0 spiro atoms. The summed E-state index contributed by atoms with van der Waals surface area (Å²) in [4.78, 5) is 12.8. The fourth-order valence-electron chi connectivity index (χ4n) is 2.55. The van der Waals surface area contributed by atoms with Gasteiger partial charge in [-0.2, -0.15) is 0 Å². The first kappa shape index (κ1) is 20.7. The van der Waals surface area contributed by atoms with Crippen molar-refractivity contribution in [1.82, 2.24) is 0 Å². The first-order valence-corrected chi connectivity index (χ1v) is 11.0. The highest BCUT2D eigenvalue weighted by Gasteiger charge is 2.31. The second-order valence-electron chi connectivity index (χ2n) is 5.94. The van der Waals surface area contributed by atoms with E-state index in [4.69, 9.17) is 11.6 Å². The molecule has 2 rings (SSSR count). The maximum absolute atomic E-state index is 12.8. The van der Waals surface area contributed by atoms with Gasteiger partial charge in [0.2, 0.25) is 15.9 Å². The van der Waals surface area contributed by atoms with E-state index in [1.54, 1.807) is 37.3 Å². The van der Waals surface area contributed by atoms with Crippen LogP contribution >= 0.6 is 27.5 Å². The summed E-state index contributed by atoms with van der Waals surface area (Å²) in [5.41, 5.74) is 1.96. The molecule has 0 aliphatic rings. The zero-order chi connectivity index (χ0) is 19.5. The summed E-state index contributed by atoms with van der Waals surface area (Å²) < 4.78 is 26.6. The number of amides is 1. The van der Waals surface area contributed by atoms with Crippen molar-refractivity contribution >= 4 is 54.8 Å². The van der Waals surface area contributed by atoms with Crippen LogP contribution in [0.4, 0.5) is 11.4 Å². The lowest BCUT2D eigenvalue weighted by Crippen LogP contribution is -2.47. The molecule has 140 valence electrons. The normalized spacial score (nSPS) is 12.5. The standard InChI is InChI=1S/C18H20BrClN2O3S/c1-4-17(18(23)21-13-7-10-15(19)16(20)11-13)22(26(3,24)25)14-8-5-12(2)6-9-14/h5-11,17H,4H2,1-3H3,(H,21,23). The molecular formula is C18H20BrClN2O3S. The fourth-order valence-corrected chi connectivity index (χ4v) is 4.19. The lowest BCUT2D eigenvalue weighted by Gasteiger charge is -2.30. The fraction of sp³-hybridized carbons (Fsp3) is 0.278. The number of benzene rings is 2. The van der Waals surface area contributed by atoms with Crippen molar-refractivity contribution in [3.63, 3.8) is 0 Å². The van der Waals surface area contributed by atoms with E-state index in [2.05, 4.69) is 21.2 Å². The Morgan fingerprint density at radius 2 is 1.85 bits per heavy atom. The van der Waals surface area contributed by atoms with Crippen LogP contribution < -0.4 is 9.62 Å². The van der Waals surface area contributed by atoms with Crippen LogP contribution in [0.2, 0.25) is 5.02 Å². The predicted molar refractivity (Wildman–Crippen MR) is 110 cm³/mol. The van der Waals surface area contributed by atoms with E-state index in [1.165, 1.54) is 0 Å². The molecule has 1 atom stereocenters. The number of halogens is 2. The highest BCUT2D eigenvalue weighted by atomic mass is 79.9. The van der Waals surface area contributed by atoms with E-state index in [1.807, 2.05) is 19.1 Å². The number of hydrogen-bond acceptors (Lipinski definition) is 3. The number of nitrogens with one attached hydrogen (secondary N) is 1. The Morgan fingerprint density at radius 3 is 2.35 bits per heavy atom. The Kier molecular flexibility index (Phi) is 6.71. The van der Waals surface area contributed by atoms with Crippen molar-refractivity contribution in [2.45, 2.75) is 26.3 Å². The molecule has 0 aliphatic carbocycles. The summed E-state index contributed by atoms with van der Waals surface area (Å²) in [5.74, 6) is -0.420. The van der Waals surface area contributed by atoms with Crippen LogP contribution in [0.3, 0.4) is 0 Å². The van der Waals surface area contributed by atoms with Gasteiger partial charge in [-0.1, -0.05) is 36.2 Å². The molecular weight excluding hydrogens is 440 g/mol.